The lowest BCUT2D eigenvalue weighted by atomic mass is 10.2. The first-order valence-corrected chi connectivity index (χ1v) is 6.22. The molecule has 0 saturated carbocycles. The van der Waals surface area contributed by atoms with Gasteiger partial charge in [-0.25, -0.2) is 4.98 Å². The number of aromatic amines is 1. The van der Waals surface area contributed by atoms with Crippen LogP contribution in [0.15, 0.2) is 18.2 Å². The van der Waals surface area contributed by atoms with E-state index < -0.39 is 22.3 Å². The van der Waals surface area contributed by atoms with E-state index in [2.05, 4.69) is 20.5 Å². The second kappa shape index (κ2) is 5.99. The molecule has 0 unspecified atom stereocenters. The van der Waals surface area contributed by atoms with Crippen molar-refractivity contribution in [1.82, 2.24) is 15.2 Å². The highest BCUT2D eigenvalue weighted by atomic mass is 16.6. The molecule has 0 atom stereocenters. The third-order valence-electron chi connectivity index (χ3n) is 2.68. The number of H-pyrrole nitrogens is 1. The number of nitro groups is 1. The quantitative estimate of drug-likeness (QED) is 0.435. The molecule has 3 N–H and O–H groups in total. The van der Waals surface area contributed by atoms with Crippen molar-refractivity contribution in [2.45, 2.75) is 19.8 Å². The van der Waals surface area contributed by atoms with E-state index in [1.165, 1.54) is 18.2 Å². The van der Waals surface area contributed by atoms with Gasteiger partial charge in [0, 0.05) is 12.5 Å². The third kappa shape index (κ3) is 3.14. The number of nitro benzene ring substituents is 1. The topological polar surface area (TPSA) is 134 Å². The van der Waals surface area contributed by atoms with Gasteiger partial charge in [0.15, 0.2) is 5.69 Å². The summed E-state index contributed by atoms with van der Waals surface area (Å²) in [6.45, 7) is 1.95. The lowest BCUT2D eigenvalue weighted by Gasteiger charge is -2.05. The number of carbonyl (C=O) groups is 1. The maximum Gasteiger partial charge on any atom is 0.296 e. The van der Waals surface area contributed by atoms with Gasteiger partial charge < -0.3 is 10.4 Å². The zero-order chi connectivity index (χ0) is 15.4. The lowest BCUT2D eigenvalue weighted by molar-refractivity contribution is -0.384. The number of anilines is 1. The van der Waals surface area contributed by atoms with Crippen LogP contribution in [0.3, 0.4) is 0 Å². The fraction of sp³-hybridized carbons (Fsp3) is 0.250. The molecule has 0 aliphatic carbocycles. The van der Waals surface area contributed by atoms with Crippen LogP contribution in [0.1, 0.15) is 29.8 Å². The maximum absolute atomic E-state index is 12.0. The molecule has 0 radical (unpaired) electrons. The van der Waals surface area contributed by atoms with Crippen LogP contribution in [0.25, 0.3) is 0 Å². The number of para-hydroxylation sites is 1. The number of nitrogens with one attached hydrogen (secondary N) is 2. The number of aromatic hydroxyl groups is 1. The van der Waals surface area contributed by atoms with Crippen LogP contribution in [-0.4, -0.2) is 31.1 Å². The standard InChI is InChI=1S/C12H13N5O4/c1-2-4-9-13-11(16-15-9)12(19)14-10-7(17(20)21)5-3-6-8(10)18/h3,5-6,18H,2,4H2,1H3,(H,14,19)(H,13,15,16). The molecule has 21 heavy (non-hydrogen) atoms. The molecule has 9 heteroatoms. The van der Waals surface area contributed by atoms with Gasteiger partial charge in [0.1, 0.15) is 11.6 Å². The normalized spacial score (nSPS) is 10.3. The zero-order valence-corrected chi connectivity index (χ0v) is 11.2. The summed E-state index contributed by atoms with van der Waals surface area (Å²) < 4.78 is 0. The summed E-state index contributed by atoms with van der Waals surface area (Å²) in [5.41, 5.74) is -0.693. The van der Waals surface area contributed by atoms with Crippen molar-refractivity contribution in [2.24, 2.45) is 0 Å². The summed E-state index contributed by atoms with van der Waals surface area (Å²) in [4.78, 5) is 26.1. The first-order chi connectivity index (χ1) is 10.0. The minimum absolute atomic E-state index is 0.143. The molecule has 1 heterocycles. The van der Waals surface area contributed by atoms with Crippen molar-refractivity contribution >= 4 is 17.3 Å². The van der Waals surface area contributed by atoms with Crippen LogP contribution < -0.4 is 5.32 Å². The van der Waals surface area contributed by atoms with Gasteiger partial charge in [0.05, 0.1) is 4.92 Å². The Hall–Kier alpha value is -2.97. The van der Waals surface area contributed by atoms with Gasteiger partial charge in [0.25, 0.3) is 11.6 Å². The highest BCUT2D eigenvalue weighted by Gasteiger charge is 2.22. The van der Waals surface area contributed by atoms with Crippen molar-refractivity contribution in [2.75, 3.05) is 5.32 Å². The molecule has 0 spiro atoms. The van der Waals surface area contributed by atoms with Gasteiger partial charge in [-0.05, 0) is 12.5 Å². The first kappa shape index (κ1) is 14.4. The molecule has 1 aromatic heterocycles. The molecule has 0 saturated heterocycles. The molecule has 1 amide bonds. The van der Waals surface area contributed by atoms with E-state index in [1.807, 2.05) is 6.92 Å². The van der Waals surface area contributed by atoms with Gasteiger partial charge in [-0.3, -0.25) is 20.0 Å². The second-order valence-corrected chi connectivity index (χ2v) is 4.24. The zero-order valence-electron chi connectivity index (χ0n) is 11.2. The highest BCUT2D eigenvalue weighted by molar-refractivity contribution is 6.03. The van der Waals surface area contributed by atoms with E-state index in [-0.39, 0.29) is 11.5 Å². The molecular weight excluding hydrogens is 278 g/mol. The average Bonchev–Trinajstić information content (AvgIpc) is 2.90. The molecule has 0 aliphatic rings. The Balaban J connectivity index is 2.25. The van der Waals surface area contributed by atoms with Crippen LogP contribution in [0.4, 0.5) is 11.4 Å². The molecule has 110 valence electrons. The Morgan fingerprint density at radius 3 is 2.95 bits per heavy atom. The Morgan fingerprint density at radius 2 is 2.29 bits per heavy atom. The fourth-order valence-electron chi connectivity index (χ4n) is 1.72. The van der Waals surface area contributed by atoms with Gasteiger partial charge in [-0.15, -0.1) is 5.10 Å². The number of hydrogen-bond donors (Lipinski definition) is 3. The van der Waals surface area contributed by atoms with E-state index >= 15 is 0 Å². The number of phenolic OH excluding ortho intramolecular Hbond substituents is 1. The van der Waals surface area contributed by atoms with Crippen LogP contribution in [-0.2, 0) is 6.42 Å². The maximum atomic E-state index is 12.0. The van der Waals surface area contributed by atoms with Crippen molar-refractivity contribution < 1.29 is 14.8 Å². The third-order valence-corrected chi connectivity index (χ3v) is 2.68. The van der Waals surface area contributed by atoms with E-state index in [0.717, 1.165) is 6.42 Å². The van der Waals surface area contributed by atoms with E-state index in [9.17, 15) is 20.0 Å². The summed E-state index contributed by atoms with van der Waals surface area (Å²) in [5.74, 6) is -0.731. The molecule has 2 rings (SSSR count). The number of phenols is 1. The number of aryl methyl sites for hydroxylation is 1. The van der Waals surface area contributed by atoms with Crippen molar-refractivity contribution in [3.8, 4) is 5.75 Å². The van der Waals surface area contributed by atoms with Crippen molar-refractivity contribution in [1.29, 1.82) is 0 Å². The van der Waals surface area contributed by atoms with Gasteiger partial charge in [-0.2, -0.15) is 0 Å². The molecule has 0 fully saturated rings. The Labute approximate surface area is 119 Å². The SMILES string of the molecule is CCCc1nc(C(=O)Nc2c(O)cccc2[N+](=O)[O-])n[nH]1. The number of nitrogens with zero attached hydrogens (tertiary/aromatic N) is 3. The van der Waals surface area contributed by atoms with Gasteiger partial charge >= 0.3 is 0 Å². The monoisotopic (exact) mass is 291 g/mol. The van der Waals surface area contributed by atoms with Crippen LogP contribution in [0.2, 0.25) is 0 Å². The predicted octanol–water partition coefficient (Wildman–Crippen LogP) is 1.62. The minimum Gasteiger partial charge on any atom is -0.505 e. The molecule has 9 nitrogen and oxygen atoms in total. The summed E-state index contributed by atoms with van der Waals surface area (Å²) in [6, 6.07) is 3.73. The van der Waals surface area contributed by atoms with E-state index in [0.29, 0.717) is 12.2 Å². The molecule has 0 bridgehead atoms. The molecule has 1 aromatic carbocycles. The van der Waals surface area contributed by atoms with Crippen molar-refractivity contribution in [3.05, 3.63) is 40.0 Å². The highest BCUT2D eigenvalue weighted by Crippen LogP contribution is 2.33. The Kier molecular flexibility index (Phi) is 4.12. The van der Waals surface area contributed by atoms with Crippen LogP contribution in [0.5, 0.6) is 5.75 Å². The summed E-state index contributed by atoms with van der Waals surface area (Å²) >= 11 is 0. The lowest BCUT2D eigenvalue weighted by Crippen LogP contribution is -2.15. The summed E-state index contributed by atoms with van der Waals surface area (Å²) in [5, 5.41) is 29.1. The van der Waals surface area contributed by atoms with Crippen molar-refractivity contribution in [3.63, 3.8) is 0 Å². The van der Waals surface area contributed by atoms with E-state index in [4.69, 9.17) is 0 Å². The number of benzene rings is 1. The Morgan fingerprint density at radius 1 is 1.52 bits per heavy atom. The predicted molar refractivity (Wildman–Crippen MR) is 73.1 cm³/mol. The van der Waals surface area contributed by atoms with E-state index in [1.54, 1.807) is 0 Å². The number of rotatable bonds is 5. The summed E-state index contributed by atoms with van der Waals surface area (Å²) in [6.07, 6.45) is 1.47. The average molecular weight is 291 g/mol. The first-order valence-electron chi connectivity index (χ1n) is 6.22. The molecule has 2 aromatic rings. The fourth-order valence-corrected chi connectivity index (χ4v) is 1.72. The van der Waals surface area contributed by atoms with Crippen LogP contribution >= 0.6 is 0 Å². The number of hydrogen-bond acceptors (Lipinski definition) is 6. The van der Waals surface area contributed by atoms with Crippen LogP contribution in [0, 0.1) is 10.1 Å². The Bertz CT molecular complexity index is 682. The minimum atomic E-state index is -0.738. The number of carbonyl (C=O) groups excluding carboxylic acids is 1. The molecule has 0 aliphatic heterocycles. The number of amides is 1. The second-order valence-electron chi connectivity index (χ2n) is 4.24. The molecular formula is C12H13N5O4. The van der Waals surface area contributed by atoms with Gasteiger partial charge in [-0.1, -0.05) is 13.0 Å². The largest absolute Gasteiger partial charge is 0.505 e. The summed E-state index contributed by atoms with van der Waals surface area (Å²) in [7, 11) is 0. The van der Waals surface area contributed by atoms with Gasteiger partial charge in [0.2, 0.25) is 5.82 Å². The number of aromatic nitrogens is 3. The smallest absolute Gasteiger partial charge is 0.296 e.